The third-order valence-electron chi connectivity index (χ3n) is 6.42. The van der Waals surface area contributed by atoms with Crippen LogP contribution in [-0.2, 0) is 31.0 Å². The normalized spacial score (nSPS) is 12.6. The molecule has 0 atom stereocenters. The van der Waals surface area contributed by atoms with Crippen molar-refractivity contribution in [3.8, 4) is 0 Å². The Balaban J connectivity index is 1.85. The van der Waals surface area contributed by atoms with Gasteiger partial charge in [0.25, 0.3) is 20.1 Å². The van der Waals surface area contributed by atoms with Gasteiger partial charge in [-0.2, -0.15) is 12.7 Å². The maximum absolute atomic E-state index is 13.7. The molecule has 41 heavy (non-hydrogen) atoms. The fraction of sp³-hybridized carbons (Fsp3) is 0.296. The van der Waals surface area contributed by atoms with Gasteiger partial charge in [0.05, 0.1) is 33.1 Å². The van der Waals surface area contributed by atoms with Crippen LogP contribution in [0.4, 0.5) is 5.69 Å². The highest BCUT2D eigenvalue weighted by Gasteiger charge is 2.31. The lowest BCUT2D eigenvalue weighted by molar-refractivity contribution is 0.0382. The Morgan fingerprint density at radius 3 is 2.32 bits per heavy atom. The van der Waals surface area contributed by atoms with Crippen LogP contribution in [0.3, 0.4) is 0 Å². The number of hydrogen-bond donors (Lipinski definition) is 1. The van der Waals surface area contributed by atoms with Crippen LogP contribution in [0.1, 0.15) is 19.4 Å². The Hall–Kier alpha value is -2.29. The summed E-state index contributed by atoms with van der Waals surface area (Å²) in [7, 11) is -8.81. The maximum atomic E-state index is 13.7. The van der Waals surface area contributed by atoms with Crippen LogP contribution in [0, 0.1) is 0 Å². The van der Waals surface area contributed by atoms with Gasteiger partial charge in [-0.3, -0.25) is 4.79 Å². The molecule has 3 aromatic carbocycles. The minimum atomic E-state index is -4.54. The van der Waals surface area contributed by atoms with Crippen molar-refractivity contribution in [3.63, 3.8) is 0 Å². The second-order valence-electron chi connectivity index (χ2n) is 9.18. The topological polar surface area (TPSA) is 113 Å². The molecule has 0 saturated heterocycles. The first-order chi connectivity index (χ1) is 19.4. The van der Waals surface area contributed by atoms with Crippen molar-refractivity contribution in [2.24, 2.45) is 0 Å². The molecule has 0 aliphatic carbocycles. The molecule has 1 N–H and O–H groups in total. The average molecular weight is 659 g/mol. The number of nitrogens with zero attached hydrogens (tertiary/aromatic N) is 2. The third kappa shape index (κ3) is 7.20. The smallest absolute Gasteiger partial charge is 0.281 e. The van der Waals surface area contributed by atoms with Crippen molar-refractivity contribution in [2.45, 2.75) is 25.3 Å². The standard InChI is InChI=1S/C27H29Cl2N3O6S3/c1-4-31(5-2)15-14-30-23-13-10-18(27-25(23)26(33)20-8-6-7-9-24(20)39-27)17-32(38-40(3,34)35)41(36,37)19-11-12-21(28)22(29)16-19/h6-13,16,30H,4-5,14-15,17H2,1-3H3. The molecule has 9 nitrogen and oxygen atoms in total. The zero-order chi connectivity index (χ0) is 29.9. The number of nitrogens with one attached hydrogen (secondary N) is 1. The molecule has 1 aromatic heterocycles. The van der Waals surface area contributed by atoms with Crippen molar-refractivity contribution in [1.82, 2.24) is 9.37 Å². The van der Waals surface area contributed by atoms with Gasteiger partial charge in [0.15, 0.2) is 5.43 Å². The number of rotatable bonds is 12. The minimum Gasteiger partial charge on any atom is -0.383 e. The maximum Gasteiger partial charge on any atom is 0.281 e. The van der Waals surface area contributed by atoms with E-state index in [-0.39, 0.29) is 20.4 Å². The van der Waals surface area contributed by atoms with Crippen molar-refractivity contribution >= 4 is 80.5 Å². The zero-order valence-electron chi connectivity index (χ0n) is 22.6. The Bertz CT molecular complexity index is 1860. The highest BCUT2D eigenvalue weighted by molar-refractivity contribution is 7.90. The zero-order valence-corrected chi connectivity index (χ0v) is 26.5. The van der Waals surface area contributed by atoms with Crippen LogP contribution < -0.4 is 10.7 Å². The number of benzene rings is 3. The van der Waals surface area contributed by atoms with Crippen molar-refractivity contribution in [2.75, 3.05) is 37.8 Å². The Morgan fingerprint density at radius 2 is 1.66 bits per heavy atom. The van der Waals surface area contributed by atoms with E-state index >= 15 is 0 Å². The number of hydroxylamine groups is 1. The minimum absolute atomic E-state index is 0.0256. The lowest BCUT2D eigenvalue weighted by atomic mass is 10.1. The van der Waals surface area contributed by atoms with Gasteiger partial charge in [0, 0.05) is 33.6 Å². The van der Waals surface area contributed by atoms with Crippen molar-refractivity contribution < 1.29 is 21.1 Å². The van der Waals surface area contributed by atoms with E-state index in [0.29, 0.717) is 42.4 Å². The molecule has 0 aliphatic heterocycles. The van der Waals surface area contributed by atoms with Gasteiger partial charge < -0.3 is 10.2 Å². The number of anilines is 1. The summed E-state index contributed by atoms with van der Waals surface area (Å²) >= 11 is 13.3. The fourth-order valence-corrected chi connectivity index (χ4v) is 7.94. The Labute approximate surface area is 253 Å². The van der Waals surface area contributed by atoms with Crippen molar-refractivity contribution in [3.05, 3.63) is 80.4 Å². The second-order valence-corrected chi connectivity index (χ2v) is 14.4. The van der Waals surface area contributed by atoms with E-state index in [1.165, 1.54) is 23.5 Å². The van der Waals surface area contributed by atoms with Crippen LogP contribution >= 0.6 is 34.5 Å². The quantitative estimate of drug-likeness (QED) is 0.156. The van der Waals surface area contributed by atoms with Crippen LogP contribution in [0.15, 0.2) is 64.3 Å². The summed E-state index contributed by atoms with van der Waals surface area (Å²) in [5.74, 6) is 0. The molecule has 0 spiro atoms. The highest BCUT2D eigenvalue weighted by atomic mass is 35.5. The molecule has 0 saturated carbocycles. The lowest BCUT2D eigenvalue weighted by Gasteiger charge is -2.22. The first-order valence-corrected chi connectivity index (χ1v) is 17.5. The third-order valence-corrected chi connectivity index (χ3v) is 10.5. The number of likely N-dealkylation sites (N-methyl/N-ethyl adjacent to an activating group) is 1. The van der Waals surface area contributed by atoms with Gasteiger partial charge in [0.2, 0.25) is 0 Å². The lowest BCUT2D eigenvalue weighted by Crippen LogP contribution is -2.33. The predicted octanol–water partition coefficient (Wildman–Crippen LogP) is 5.56. The Morgan fingerprint density at radius 1 is 0.951 bits per heavy atom. The average Bonchev–Trinajstić information content (AvgIpc) is 2.92. The molecule has 1 heterocycles. The summed E-state index contributed by atoms with van der Waals surface area (Å²) in [4.78, 5) is 15.7. The van der Waals surface area contributed by atoms with Crippen LogP contribution in [0.25, 0.3) is 20.2 Å². The van der Waals surface area contributed by atoms with E-state index in [1.54, 1.807) is 24.3 Å². The fourth-order valence-electron chi connectivity index (χ4n) is 4.31. The predicted molar refractivity (Wildman–Crippen MR) is 167 cm³/mol. The van der Waals surface area contributed by atoms with Gasteiger partial charge in [0.1, 0.15) is 0 Å². The SMILES string of the molecule is CCN(CC)CCNc1ccc(CN(OS(C)(=O)=O)S(=O)(=O)c2ccc(Cl)c(Cl)c2)c2sc3ccccc3c(=O)c12. The molecule has 220 valence electrons. The van der Waals surface area contributed by atoms with E-state index in [4.69, 9.17) is 27.5 Å². The van der Waals surface area contributed by atoms with E-state index in [2.05, 4.69) is 24.1 Å². The summed E-state index contributed by atoms with van der Waals surface area (Å²) in [6.07, 6.45) is 0.747. The summed E-state index contributed by atoms with van der Waals surface area (Å²) in [5, 5.41) is 4.38. The van der Waals surface area contributed by atoms with Gasteiger partial charge in [-0.25, -0.2) is 8.42 Å². The molecule has 0 aliphatic rings. The molecule has 0 radical (unpaired) electrons. The molecule has 0 unspecified atom stereocenters. The molecular formula is C27H29Cl2N3O6S3. The number of hydrogen-bond acceptors (Lipinski definition) is 9. The Kier molecular flexibility index (Phi) is 9.97. The summed E-state index contributed by atoms with van der Waals surface area (Å²) in [5.41, 5.74) is 0.768. The van der Waals surface area contributed by atoms with Gasteiger partial charge >= 0.3 is 0 Å². The first kappa shape index (κ1) is 31.6. The molecule has 4 aromatic rings. The molecule has 4 rings (SSSR count). The van der Waals surface area contributed by atoms with Crippen LogP contribution in [-0.4, -0.2) is 58.6 Å². The molecule has 0 bridgehead atoms. The highest BCUT2D eigenvalue weighted by Crippen LogP contribution is 2.34. The second kappa shape index (κ2) is 12.9. The first-order valence-electron chi connectivity index (χ1n) is 12.7. The van der Waals surface area contributed by atoms with Gasteiger partial charge in [-0.05, 0) is 55.1 Å². The monoisotopic (exact) mass is 657 g/mol. The molecule has 0 amide bonds. The molecule has 14 heteroatoms. The van der Waals surface area contributed by atoms with Gasteiger partial charge in [-0.1, -0.05) is 59.7 Å². The number of halogens is 2. The van der Waals surface area contributed by atoms with Crippen LogP contribution in [0.2, 0.25) is 10.0 Å². The van der Waals surface area contributed by atoms with Crippen LogP contribution in [0.5, 0.6) is 0 Å². The molecular weight excluding hydrogens is 629 g/mol. The van der Waals surface area contributed by atoms with Crippen molar-refractivity contribution in [1.29, 1.82) is 0 Å². The molecule has 0 fully saturated rings. The number of fused-ring (bicyclic) bond motifs is 2. The summed E-state index contributed by atoms with van der Waals surface area (Å²) in [6.45, 7) is 6.78. The van der Waals surface area contributed by atoms with E-state index in [1.807, 2.05) is 12.1 Å². The van der Waals surface area contributed by atoms with E-state index in [9.17, 15) is 21.6 Å². The van der Waals surface area contributed by atoms with E-state index in [0.717, 1.165) is 32.0 Å². The largest absolute Gasteiger partial charge is 0.383 e. The number of sulfonamides is 1. The summed E-state index contributed by atoms with van der Waals surface area (Å²) in [6, 6.07) is 14.1. The van der Waals surface area contributed by atoms with Gasteiger partial charge in [-0.15, -0.1) is 11.3 Å². The summed E-state index contributed by atoms with van der Waals surface area (Å²) < 4.78 is 58.1. The van der Waals surface area contributed by atoms with E-state index < -0.39 is 26.7 Å².